The zero-order valence-corrected chi connectivity index (χ0v) is 39.1. The Morgan fingerprint density at radius 2 is 0.971 bits per heavy atom. The number of para-hydroxylation sites is 1. The van der Waals surface area contributed by atoms with Gasteiger partial charge in [0.1, 0.15) is 31.8 Å². The molecule has 354 valence electrons. The van der Waals surface area contributed by atoms with Crippen molar-refractivity contribution in [1.29, 1.82) is 0 Å². The summed E-state index contributed by atoms with van der Waals surface area (Å²) in [4.78, 5) is -1.90. The molecule has 0 amide bonds. The third-order valence-corrected chi connectivity index (χ3v) is 13.3. The van der Waals surface area contributed by atoms with E-state index in [4.69, 9.17) is 0 Å². The van der Waals surface area contributed by atoms with Crippen LogP contribution in [0.15, 0.2) is 189 Å². The molecule has 0 spiro atoms. The lowest BCUT2D eigenvalue weighted by Gasteiger charge is -2.11. The summed E-state index contributed by atoms with van der Waals surface area (Å²) in [5.74, 6) is -0.941. The molecule has 8 rings (SSSR count). The van der Waals surface area contributed by atoms with E-state index in [0.717, 1.165) is 17.8 Å². The highest BCUT2D eigenvalue weighted by Gasteiger charge is 2.24. The van der Waals surface area contributed by atoms with Gasteiger partial charge in [0.15, 0.2) is 5.75 Å². The monoisotopic (exact) mass is 999 g/mol. The number of benzene rings is 8. The third-order valence-electron chi connectivity index (χ3n) is 10.6. The van der Waals surface area contributed by atoms with Gasteiger partial charge >= 0.3 is 0 Å². The molecular weight excluding hydrogens is 963 g/mol. The summed E-state index contributed by atoms with van der Waals surface area (Å²) in [7, 11) is -14.5. The fourth-order valence-corrected chi connectivity index (χ4v) is 9.22. The minimum Gasteiger partial charge on any atom is -0.506 e. The molecule has 0 fully saturated rings. The Bertz CT molecular complexity index is 3910. The van der Waals surface area contributed by atoms with E-state index in [1.165, 1.54) is 36.4 Å². The largest absolute Gasteiger partial charge is 0.506 e. The number of phenols is 2. The van der Waals surface area contributed by atoms with Crippen molar-refractivity contribution in [3.05, 3.63) is 150 Å². The minimum absolute atomic E-state index is 0.0866. The Labute approximate surface area is 399 Å². The lowest BCUT2D eigenvalue weighted by molar-refractivity contribution is 0.471. The summed E-state index contributed by atoms with van der Waals surface area (Å²) in [6.07, 6.45) is 0. The van der Waals surface area contributed by atoms with Crippen molar-refractivity contribution in [2.75, 3.05) is 5.32 Å². The van der Waals surface area contributed by atoms with Gasteiger partial charge in [0, 0.05) is 33.6 Å². The van der Waals surface area contributed by atoms with Gasteiger partial charge in [-0.15, -0.1) is 10.2 Å². The van der Waals surface area contributed by atoms with Crippen LogP contribution in [0.3, 0.4) is 0 Å². The summed E-state index contributed by atoms with van der Waals surface area (Å²) in [5, 5.41) is 58.9. The second kappa shape index (κ2) is 19.1. The van der Waals surface area contributed by atoms with Crippen LogP contribution in [-0.4, -0.2) is 49.1 Å². The van der Waals surface area contributed by atoms with Crippen molar-refractivity contribution in [2.45, 2.75) is 35.5 Å². The van der Waals surface area contributed by atoms with Crippen molar-refractivity contribution < 1.29 is 49.1 Å². The fourth-order valence-electron chi connectivity index (χ4n) is 7.14. The van der Waals surface area contributed by atoms with E-state index in [-0.39, 0.29) is 39.0 Å². The van der Waals surface area contributed by atoms with Gasteiger partial charge in [-0.1, -0.05) is 30.3 Å². The lowest BCUT2D eigenvalue weighted by Crippen LogP contribution is -2.03. The molecule has 0 bridgehead atoms. The molecule has 0 aliphatic carbocycles. The van der Waals surface area contributed by atoms with Crippen LogP contribution in [0, 0.1) is 20.8 Å². The number of phenolic OH excluding ortho intramolecular Hbond substituents is 2. The Hall–Kier alpha value is -8.19. The number of aryl methyl sites for hydroxylation is 3. The lowest BCUT2D eigenvalue weighted by atomic mass is 10.1. The molecule has 23 heteroatoms. The van der Waals surface area contributed by atoms with Gasteiger partial charge in [0.2, 0.25) is 0 Å². The van der Waals surface area contributed by atoms with Crippen LogP contribution in [0.1, 0.15) is 16.7 Å². The molecule has 70 heavy (non-hydrogen) atoms. The quantitative estimate of drug-likeness (QED) is 0.0464. The second-order valence-electron chi connectivity index (χ2n) is 15.6. The fraction of sp³-hybridized carbons (Fsp3) is 0.0638. The van der Waals surface area contributed by atoms with Gasteiger partial charge in [-0.3, -0.25) is 13.7 Å². The maximum absolute atomic E-state index is 12.5. The molecule has 0 aromatic heterocycles. The van der Waals surface area contributed by atoms with Gasteiger partial charge in [-0.2, -0.15) is 55.9 Å². The van der Waals surface area contributed by atoms with E-state index >= 15 is 0 Å². The van der Waals surface area contributed by atoms with E-state index in [9.17, 15) is 49.1 Å². The number of anilines is 2. The predicted octanol–water partition coefficient (Wildman–Crippen LogP) is 13.5. The van der Waals surface area contributed by atoms with Gasteiger partial charge in [0.25, 0.3) is 30.4 Å². The maximum atomic E-state index is 12.5. The van der Waals surface area contributed by atoms with Crippen LogP contribution < -0.4 is 5.32 Å². The van der Waals surface area contributed by atoms with E-state index in [1.54, 1.807) is 75.4 Å². The van der Waals surface area contributed by atoms with Gasteiger partial charge in [0.05, 0.1) is 34.1 Å². The number of aromatic hydroxyl groups is 2. The highest BCUT2D eigenvalue weighted by molar-refractivity contribution is 7.86. The van der Waals surface area contributed by atoms with E-state index in [1.807, 2.05) is 30.3 Å². The number of nitrogens with one attached hydrogen (secondary N) is 1. The Morgan fingerprint density at radius 1 is 0.400 bits per heavy atom. The molecule has 8 aromatic rings. The SMILES string of the molecule is Cc1cc(N=Nc2cc(O)c(N=Nc3c(S(=O)(=O)O)cc4cc(Nc5ccccc5)ccc4c3O)cc2C)ccc1N=Nc1ccc(N=Nc2cc(S(=O)(=O)O)c3cccc(S(=O)(=O)O)c3c2)c(C)c1. The van der Waals surface area contributed by atoms with Crippen LogP contribution in [0.5, 0.6) is 11.5 Å². The van der Waals surface area contributed by atoms with E-state index in [0.29, 0.717) is 50.5 Å². The van der Waals surface area contributed by atoms with Gasteiger partial charge in [-0.25, -0.2) is 0 Å². The first-order valence-corrected chi connectivity index (χ1v) is 24.8. The van der Waals surface area contributed by atoms with Crippen molar-refractivity contribution in [3.8, 4) is 11.5 Å². The topological polar surface area (TPSA) is 314 Å². The first-order chi connectivity index (χ1) is 33.1. The first-order valence-electron chi connectivity index (χ1n) is 20.5. The highest BCUT2D eigenvalue weighted by Crippen LogP contribution is 2.44. The zero-order valence-electron chi connectivity index (χ0n) is 36.7. The van der Waals surface area contributed by atoms with Crippen LogP contribution in [-0.2, 0) is 30.4 Å². The van der Waals surface area contributed by atoms with Crippen LogP contribution in [0.25, 0.3) is 21.5 Å². The Kier molecular flexibility index (Phi) is 13.1. The second-order valence-corrected chi connectivity index (χ2v) is 19.8. The number of rotatable bonds is 13. The van der Waals surface area contributed by atoms with Crippen molar-refractivity contribution in [3.63, 3.8) is 0 Å². The molecular formula is C47H37N9O11S3. The average Bonchev–Trinajstić information content (AvgIpc) is 3.29. The normalized spacial score (nSPS) is 12.7. The number of azo groups is 4. The van der Waals surface area contributed by atoms with Crippen LogP contribution in [0.2, 0.25) is 0 Å². The molecule has 0 aliphatic heterocycles. The molecule has 0 aliphatic rings. The number of hydrogen-bond donors (Lipinski definition) is 6. The van der Waals surface area contributed by atoms with Crippen molar-refractivity contribution >= 4 is 109 Å². The molecule has 8 aromatic carbocycles. The van der Waals surface area contributed by atoms with E-state index < -0.39 is 56.5 Å². The van der Waals surface area contributed by atoms with Gasteiger partial charge in [-0.05, 0) is 140 Å². The highest BCUT2D eigenvalue weighted by atomic mass is 32.2. The molecule has 6 N–H and O–H groups in total. The van der Waals surface area contributed by atoms with Crippen LogP contribution in [0.4, 0.5) is 56.9 Å². The molecule has 20 nitrogen and oxygen atoms in total. The maximum Gasteiger partial charge on any atom is 0.296 e. The van der Waals surface area contributed by atoms with Crippen LogP contribution >= 0.6 is 0 Å². The number of hydrogen-bond acceptors (Lipinski definition) is 17. The summed E-state index contributed by atoms with van der Waals surface area (Å²) < 4.78 is 103. The Balaban J connectivity index is 0.963. The minimum atomic E-state index is -4.90. The first kappa shape index (κ1) is 48.3. The molecule has 0 saturated heterocycles. The summed E-state index contributed by atoms with van der Waals surface area (Å²) in [6.45, 7) is 5.19. The smallest absolute Gasteiger partial charge is 0.296 e. The number of fused-ring (bicyclic) bond motifs is 2. The summed E-state index contributed by atoms with van der Waals surface area (Å²) in [6, 6.07) is 33.7. The van der Waals surface area contributed by atoms with Crippen molar-refractivity contribution in [1.82, 2.24) is 0 Å². The Morgan fingerprint density at radius 3 is 1.57 bits per heavy atom. The zero-order chi connectivity index (χ0) is 50.1. The molecule has 0 heterocycles. The standard InChI is InChI=1S/C47H37N9O11S3/c1-26-19-33(14-16-38(26)52-49-32-13-17-39(27(2)18-32)53-51-34-23-37-36(44(24-34)69(62,63)64)10-7-11-43(37)68(59,60)61)50-54-40-25-42(57)41(20-28(40)3)55-56-46-45(70(65,66)67)22-29-21-31(12-15-35(29)47(46)58)48-30-8-5-4-6-9-30/h4-25,48,57-58H,1-3H3,(H,59,60,61)(H,62,63,64)(H,65,66,67). The molecule has 0 radical (unpaired) electrons. The molecule has 0 unspecified atom stereocenters. The molecule has 0 atom stereocenters. The predicted molar refractivity (Wildman–Crippen MR) is 261 cm³/mol. The summed E-state index contributed by atoms with van der Waals surface area (Å²) in [5.41, 5.74) is 4.47. The molecule has 0 saturated carbocycles. The number of nitrogens with zero attached hydrogens (tertiary/aromatic N) is 8. The summed E-state index contributed by atoms with van der Waals surface area (Å²) >= 11 is 0. The van der Waals surface area contributed by atoms with Crippen molar-refractivity contribution in [2.24, 2.45) is 40.9 Å². The van der Waals surface area contributed by atoms with Gasteiger partial charge < -0.3 is 15.5 Å². The van der Waals surface area contributed by atoms with E-state index in [2.05, 4.69) is 46.2 Å². The third kappa shape index (κ3) is 10.7. The average molecular weight is 1000 g/mol.